The molecule has 2 aliphatic heterocycles. The van der Waals surface area contributed by atoms with Crippen molar-refractivity contribution in [3.63, 3.8) is 0 Å². The number of anilines is 1. The largest absolute Gasteiger partial charge is 0.494 e. The molecule has 0 saturated carbocycles. The lowest BCUT2D eigenvalue weighted by atomic mass is 9.87. The molecule has 14 nitrogen and oxygen atoms in total. The first-order valence-electron chi connectivity index (χ1n) is 13.4. The van der Waals surface area contributed by atoms with Gasteiger partial charge in [-0.15, -0.1) is 0 Å². The van der Waals surface area contributed by atoms with E-state index in [1.807, 2.05) is 0 Å². The molecule has 0 spiro atoms. The van der Waals surface area contributed by atoms with Gasteiger partial charge in [0.25, 0.3) is 5.91 Å². The number of hydrogen-bond acceptors (Lipinski definition) is 9. The van der Waals surface area contributed by atoms with Crippen LogP contribution in [0.5, 0.6) is 0 Å². The number of hydroxylamine groups is 2. The molecule has 5 amide bonds. The van der Waals surface area contributed by atoms with Gasteiger partial charge in [0.1, 0.15) is 28.7 Å². The maximum atomic E-state index is 13.4. The summed E-state index contributed by atoms with van der Waals surface area (Å²) in [7, 11) is 1.17. The Bertz CT molecular complexity index is 1210. The molecular weight excluding hydrogens is 536 g/mol. The number of hydrogen-bond donors (Lipinski definition) is 2. The van der Waals surface area contributed by atoms with Gasteiger partial charge in [-0.25, -0.2) is 0 Å². The van der Waals surface area contributed by atoms with E-state index in [0.29, 0.717) is 22.9 Å². The zero-order valence-electron chi connectivity index (χ0n) is 23.8. The number of amides is 5. The van der Waals surface area contributed by atoms with Crippen LogP contribution in [0.4, 0.5) is 5.69 Å². The molecule has 0 bridgehead atoms. The van der Waals surface area contributed by atoms with E-state index in [-0.39, 0.29) is 25.1 Å². The minimum Gasteiger partial charge on any atom is -0.342 e. The van der Waals surface area contributed by atoms with Crippen molar-refractivity contribution in [1.82, 2.24) is 25.9 Å². The molecule has 1 aromatic rings. The summed E-state index contributed by atoms with van der Waals surface area (Å²) in [6.45, 7) is 6.30. The smallest absolute Gasteiger partial charge is 0.342 e. The van der Waals surface area contributed by atoms with Gasteiger partial charge in [0.15, 0.2) is 5.78 Å². The highest BCUT2D eigenvalue weighted by Gasteiger charge is 2.53. The first-order chi connectivity index (χ1) is 19.4. The predicted octanol–water partition coefficient (Wildman–Crippen LogP) is 0.185. The average molecular weight is 573 g/mol. The molecular formula is C27H36N6O8+. The normalized spacial score (nSPS) is 22.2. The molecule has 221 valence electrons. The zero-order chi connectivity index (χ0) is 30.5. The average Bonchev–Trinajstić information content (AvgIpc) is 3.44. The van der Waals surface area contributed by atoms with Crippen LogP contribution in [0, 0.1) is 10.8 Å². The fourth-order valence-electron chi connectivity index (χ4n) is 5.06. The zero-order valence-corrected chi connectivity index (χ0v) is 23.8. The SMILES string of the molecule is CON1C(=O)CCC(=O)[C@]1(C)C(=O)N[C@@H](C)C(=O)N1CCC[C@H]1C(=O)N[C@H](C(=O)N([N+]=O)c1ccccc1)C(C)C. The monoisotopic (exact) mass is 572 g/mol. The van der Waals surface area contributed by atoms with E-state index in [1.54, 1.807) is 32.0 Å². The summed E-state index contributed by atoms with van der Waals surface area (Å²) in [6, 6.07) is 4.88. The Labute approximate surface area is 237 Å². The van der Waals surface area contributed by atoms with Gasteiger partial charge in [-0.1, -0.05) is 32.0 Å². The van der Waals surface area contributed by atoms with E-state index in [1.165, 1.54) is 38.0 Å². The Morgan fingerprint density at radius 3 is 2.32 bits per heavy atom. The lowest BCUT2D eigenvalue weighted by molar-refractivity contribution is -0.213. The lowest BCUT2D eigenvalue weighted by Gasteiger charge is -2.40. The van der Waals surface area contributed by atoms with E-state index in [4.69, 9.17) is 4.84 Å². The molecule has 0 aromatic heterocycles. The summed E-state index contributed by atoms with van der Waals surface area (Å²) in [5, 5.41) is 9.41. The molecule has 2 saturated heterocycles. The van der Waals surface area contributed by atoms with Crippen LogP contribution in [-0.4, -0.2) is 82.6 Å². The van der Waals surface area contributed by atoms with Crippen LogP contribution < -0.4 is 20.9 Å². The van der Waals surface area contributed by atoms with Crippen molar-refractivity contribution in [3.8, 4) is 0 Å². The molecule has 2 N–H and O–H groups in total. The van der Waals surface area contributed by atoms with Crippen LogP contribution >= 0.6 is 0 Å². The third-order valence-corrected chi connectivity index (χ3v) is 7.44. The second-order valence-corrected chi connectivity index (χ2v) is 10.5. The van der Waals surface area contributed by atoms with Crippen molar-refractivity contribution in [2.45, 2.75) is 77.0 Å². The number of carbonyl (C=O) groups is 6. The van der Waals surface area contributed by atoms with Gasteiger partial charge in [-0.3, -0.25) is 33.6 Å². The molecule has 0 aliphatic carbocycles. The van der Waals surface area contributed by atoms with Crippen molar-refractivity contribution >= 4 is 41.0 Å². The maximum Gasteiger partial charge on any atom is 0.494 e. The van der Waals surface area contributed by atoms with Gasteiger partial charge in [-0.2, -0.15) is 5.06 Å². The van der Waals surface area contributed by atoms with E-state index in [9.17, 15) is 33.7 Å². The predicted molar refractivity (Wildman–Crippen MR) is 145 cm³/mol. The highest BCUT2D eigenvalue weighted by atomic mass is 16.7. The number of likely N-dealkylation sites (tertiary alicyclic amines) is 1. The maximum absolute atomic E-state index is 13.4. The number of carbonyl (C=O) groups excluding carboxylic acids is 6. The third kappa shape index (κ3) is 6.26. The van der Waals surface area contributed by atoms with Crippen molar-refractivity contribution in [1.29, 1.82) is 0 Å². The van der Waals surface area contributed by atoms with Gasteiger partial charge in [0.05, 0.1) is 7.11 Å². The van der Waals surface area contributed by atoms with Gasteiger partial charge < -0.3 is 15.5 Å². The summed E-state index contributed by atoms with van der Waals surface area (Å²) in [5.74, 6) is -4.27. The first-order valence-corrected chi connectivity index (χ1v) is 13.4. The minimum atomic E-state index is -1.96. The summed E-state index contributed by atoms with van der Waals surface area (Å²) in [6.07, 6.45) is 0.573. The summed E-state index contributed by atoms with van der Waals surface area (Å²) >= 11 is 0. The Morgan fingerprint density at radius 1 is 1.07 bits per heavy atom. The number of nitrogens with one attached hydrogen (secondary N) is 2. The summed E-state index contributed by atoms with van der Waals surface area (Å²) in [4.78, 5) is 95.9. The number of benzene rings is 1. The van der Waals surface area contributed by atoms with Crippen LogP contribution in [0.1, 0.15) is 53.4 Å². The van der Waals surface area contributed by atoms with E-state index >= 15 is 0 Å². The number of ketones is 1. The van der Waals surface area contributed by atoms with Crippen molar-refractivity contribution < 1.29 is 33.6 Å². The molecule has 0 unspecified atom stereocenters. The third-order valence-electron chi connectivity index (χ3n) is 7.44. The number of nitrogens with zero attached hydrogens (tertiary/aromatic N) is 4. The fourth-order valence-corrected chi connectivity index (χ4v) is 5.06. The molecule has 41 heavy (non-hydrogen) atoms. The molecule has 2 fully saturated rings. The van der Waals surface area contributed by atoms with Crippen LogP contribution in [-0.2, 0) is 33.6 Å². The second kappa shape index (κ2) is 13.0. The molecule has 1 radical (unpaired) electrons. The van der Waals surface area contributed by atoms with Gasteiger partial charge in [0, 0.05) is 24.4 Å². The number of para-hydroxylation sites is 1. The Morgan fingerprint density at radius 2 is 1.73 bits per heavy atom. The summed E-state index contributed by atoms with van der Waals surface area (Å²) < 4.78 is 0. The van der Waals surface area contributed by atoms with Crippen LogP contribution in [0.2, 0.25) is 0 Å². The Kier molecular flexibility index (Phi) is 9.92. The highest BCUT2D eigenvalue weighted by Crippen LogP contribution is 2.27. The minimum absolute atomic E-state index is 0.0967. The van der Waals surface area contributed by atoms with Crippen molar-refractivity contribution in [2.24, 2.45) is 5.92 Å². The van der Waals surface area contributed by atoms with E-state index < -0.39 is 64.9 Å². The number of nitroso groups, excluding NO2 is 1. The first kappa shape index (κ1) is 31.3. The standard InChI is InChI=1S/C27H36N6O8/c1-16(2)22(25(38)32(30-40)18-10-7-6-8-11-18)29-23(36)19-12-9-15-31(19)24(37)17(3)28-26(39)27(4)20(34)13-14-21(35)33(27)41-5/h6-8,10-11,16-17,19,22H,9,12-15H2,1-5H3,(H,28,39)(H,29,36)/q+1/t17-,19-,22-,27+/m0/s1. The van der Waals surface area contributed by atoms with Crippen molar-refractivity contribution in [2.75, 3.05) is 18.7 Å². The molecule has 4 atom stereocenters. The van der Waals surface area contributed by atoms with E-state index in [0.717, 1.165) is 0 Å². The van der Waals surface area contributed by atoms with Crippen molar-refractivity contribution in [3.05, 3.63) is 35.2 Å². The number of rotatable bonds is 10. The second-order valence-electron chi connectivity index (χ2n) is 10.5. The Hall–Kier alpha value is -4.20. The molecule has 1 aromatic carbocycles. The molecule has 2 aliphatic rings. The fraction of sp³-hybridized carbons (Fsp3) is 0.556. The van der Waals surface area contributed by atoms with Gasteiger partial charge in [-0.05, 0) is 44.7 Å². The lowest BCUT2D eigenvalue weighted by Crippen LogP contribution is -2.67. The quantitative estimate of drug-likeness (QED) is 0.295. The number of piperidine rings is 1. The Balaban J connectivity index is 1.72. The van der Waals surface area contributed by atoms with Gasteiger partial charge in [0.2, 0.25) is 23.3 Å². The highest BCUT2D eigenvalue weighted by molar-refractivity contribution is 6.15. The van der Waals surface area contributed by atoms with E-state index in [2.05, 4.69) is 15.9 Å². The van der Waals surface area contributed by atoms with Gasteiger partial charge >= 0.3 is 11.2 Å². The topological polar surface area (TPSA) is 177 Å². The molecule has 14 heteroatoms. The van der Waals surface area contributed by atoms with Crippen LogP contribution in [0.25, 0.3) is 0 Å². The molecule has 2 heterocycles. The van der Waals surface area contributed by atoms with Crippen LogP contribution in [0.3, 0.4) is 0 Å². The number of Topliss-reactive ketones (excluding diaryl/α,β-unsaturated/α-hetero) is 1. The molecule has 3 rings (SSSR count). The summed E-state index contributed by atoms with van der Waals surface area (Å²) in [5.41, 5.74) is -1.71. The van der Waals surface area contributed by atoms with Crippen LogP contribution in [0.15, 0.2) is 30.3 Å².